The van der Waals surface area contributed by atoms with Crippen LogP contribution < -0.4 is 17.0 Å². The first kappa shape index (κ1) is 14.9. The molecule has 12 heavy (non-hydrogen) atoms. The molecule has 0 radical (unpaired) electrons. The Bertz CT molecular complexity index is 207. The first-order valence-electron chi connectivity index (χ1n) is 3.35. The molecule has 0 saturated carbocycles. The summed E-state index contributed by atoms with van der Waals surface area (Å²) >= 11 is 0. The van der Waals surface area contributed by atoms with Crippen LogP contribution in [-0.2, 0) is 14.3 Å². The number of nitrogens with zero attached hydrogens (tertiary/aromatic N) is 1. The summed E-state index contributed by atoms with van der Waals surface area (Å²) in [5.41, 5.74) is 0. The van der Waals surface area contributed by atoms with E-state index in [-0.39, 0.29) is 23.6 Å². The second kappa shape index (κ2) is 5.16. The Labute approximate surface area is 85.0 Å². The van der Waals surface area contributed by atoms with E-state index in [4.69, 9.17) is 0 Å². The summed E-state index contributed by atoms with van der Waals surface area (Å²) in [6.45, 7) is 0.940. The van der Waals surface area contributed by atoms with Crippen LogP contribution in [0.3, 0.4) is 0 Å². The zero-order valence-electron chi connectivity index (χ0n) is 7.87. The number of halogens is 1. The third kappa shape index (κ3) is 13.0. The maximum atomic E-state index is 10.5. The van der Waals surface area contributed by atoms with E-state index < -0.39 is 10.1 Å². The van der Waals surface area contributed by atoms with Crippen LogP contribution in [0.25, 0.3) is 0 Å². The van der Waals surface area contributed by atoms with Crippen molar-refractivity contribution < 1.29 is 34.1 Å². The lowest BCUT2D eigenvalue weighted by Crippen LogP contribution is -3.00. The minimum atomic E-state index is -3.26. The summed E-state index contributed by atoms with van der Waals surface area (Å²) in [6, 6.07) is 0. The van der Waals surface area contributed by atoms with Gasteiger partial charge in [0.2, 0.25) is 0 Å². The first-order valence-corrected chi connectivity index (χ1v) is 5.17. The molecule has 4 nitrogen and oxygen atoms in total. The molecule has 0 aromatic rings. The molecular formula is C6H16BrNO3S. The summed E-state index contributed by atoms with van der Waals surface area (Å²) < 4.78 is 26.2. The van der Waals surface area contributed by atoms with Gasteiger partial charge in [-0.25, -0.2) is 0 Å². The quantitative estimate of drug-likeness (QED) is 0.393. The fourth-order valence-corrected chi connectivity index (χ4v) is 0.840. The zero-order chi connectivity index (χ0) is 9.12. The summed E-state index contributed by atoms with van der Waals surface area (Å²) in [7, 11) is 2.68. The number of hydrogen-bond donors (Lipinski definition) is 0. The van der Waals surface area contributed by atoms with Crippen molar-refractivity contribution >= 4 is 10.1 Å². The maximum Gasteiger partial charge on any atom is 0.264 e. The lowest BCUT2D eigenvalue weighted by atomic mass is 10.5. The van der Waals surface area contributed by atoms with E-state index in [1.807, 2.05) is 21.1 Å². The predicted molar refractivity (Wildman–Crippen MR) is 43.7 cm³/mol. The van der Waals surface area contributed by atoms with Gasteiger partial charge in [0, 0.05) is 0 Å². The maximum absolute atomic E-state index is 10.5. The second-order valence-electron chi connectivity index (χ2n) is 3.54. The van der Waals surface area contributed by atoms with Crippen molar-refractivity contribution in [2.24, 2.45) is 0 Å². The van der Waals surface area contributed by atoms with Crippen molar-refractivity contribution in [2.45, 2.75) is 0 Å². The van der Waals surface area contributed by atoms with E-state index in [0.29, 0.717) is 11.0 Å². The molecule has 0 aromatic heterocycles. The molecule has 0 aliphatic rings. The molecule has 0 saturated heterocycles. The molecule has 0 fully saturated rings. The van der Waals surface area contributed by atoms with Gasteiger partial charge in [0.15, 0.2) is 0 Å². The Kier molecular flexibility index (Phi) is 6.39. The van der Waals surface area contributed by atoms with Crippen molar-refractivity contribution in [1.29, 1.82) is 0 Å². The monoisotopic (exact) mass is 261 g/mol. The molecule has 0 spiro atoms. The summed E-state index contributed by atoms with van der Waals surface area (Å²) in [5.74, 6) is 0. The van der Waals surface area contributed by atoms with Crippen LogP contribution in [0.2, 0.25) is 0 Å². The molecule has 0 amide bonds. The van der Waals surface area contributed by atoms with Gasteiger partial charge in [-0.2, -0.15) is 8.42 Å². The first-order chi connectivity index (χ1) is 4.71. The fourth-order valence-electron chi connectivity index (χ4n) is 0.463. The lowest BCUT2D eigenvalue weighted by Gasteiger charge is -2.22. The van der Waals surface area contributed by atoms with Crippen molar-refractivity contribution in [2.75, 3.05) is 40.6 Å². The van der Waals surface area contributed by atoms with E-state index in [0.717, 1.165) is 6.26 Å². The van der Waals surface area contributed by atoms with Crippen molar-refractivity contribution in [3.05, 3.63) is 0 Å². The highest BCUT2D eigenvalue weighted by molar-refractivity contribution is 7.85. The topological polar surface area (TPSA) is 43.4 Å². The van der Waals surface area contributed by atoms with Gasteiger partial charge in [0.1, 0.15) is 13.2 Å². The normalized spacial score (nSPS) is 12.3. The SMILES string of the molecule is C[N+](C)(C)CCOS(C)(=O)=O.[Br-]. The summed E-state index contributed by atoms with van der Waals surface area (Å²) in [6.07, 6.45) is 1.06. The molecule has 0 aromatic carbocycles. The van der Waals surface area contributed by atoms with Crippen molar-refractivity contribution in [3.63, 3.8) is 0 Å². The Morgan fingerprint density at radius 1 is 1.25 bits per heavy atom. The van der Waals surface area contributed by atoms with Gasteiger partial charge in [-0.1, -0.05) is 0 Å². The van der Waals surface area contributed by atoms with E-state index in [9.17, 15) is 8.42 Å². The molecule has 0 rings (SSSR count). The van der Waals surface area contributed by atoms with Gasteiger partial charge in [-0.15, -0.1) is 0 Å². The van der Waals surface area contributed by atoms with Crippen LogP contribution in [0.5, 0.6) is 0 Å². The molecule has 0 atom stereocenters. The van der Waals surface area contributed by atoms with Gasteiger partial charge in [0.25, 0.3) is 10.1 Å². The Morgan fingerprint density at radius 3 is 1.92 bits per heavy atom. The lowest BCUT2D eigenvalue weighted by molar-refractivity contribution is -0.870. The number of quaternary nitrogens is 1. The summed E-state index contributed by atoms with van der Waals surface area (Å²) in [4.78, 5) is 0. The van der Waals surface area contributed by atoms with Crippen molar-refractivity contribution in [3.8, 4) is 0 Å². The molecule has 0 N–H and O–H groups in total. The average molecular weight is 262 g/mol. The van der Waals surface area contributed by atoms with Crippen LogP contribution in [0.4, 0.5) is 0 Å². The third-order valence-corrected chi connectivity index (χ3v) is 1.65. The highest BCUT2D eigenvalue weighted by Crippen LogP contribution is 1.92. The smallest absolute Gasteiger partial charge is 0.264 e. The molecule has 0 heterocycles. The number of hydrogen-bond acceptors (Lipinski definition) is 3. The van der Waals surface area contributed by atoms with Crippen LogP contribution in [0, 0.1) is 0 Å². The third-order valence-electron chi connectivity index (χ3n) is 1.06. The average Bonchev–Trinajstić information content (AvgIpc) is 1.55. The Hall–Kier alpha value is 0.350. The Balaban J connectivity index is 0. The number of likely N-dealkylation sites (N-methyl/N-ethyl adjacent to an activating group) is 1. The molecule has 76 valence electrons. The fraction of sp³-hybridized carbons (Fsp3) is 1.00. The standard InChI is InChI=1S/C6H16NO3S.BrH/c1-7(2,3)5-6-10-11(4,8)9;/h5-6H2,1-4H3;1H/q+1;/p-1. The van der Waals surface area contributed by atoms with Crippen LogP contribution in [0.15, 0.2) is 0 Å². The molecule has 0 aliphatic carbocycles. The predicted octanol–water partition coefficient (Wildman–Crippen LogP) is -3.33. The second-order valence-corrected chi connectivity index (χ2v) is 5.18. The molecule has 6 heteroatoms. The van der Waals surface area contributed by atoms with Crippen LogP contribution in [0.1, 0.15) is 0 Å². The largest absolute Gasteiger partial charge is 1.00 e. The minimum Gasteiger partial charge on any atom is -1.00 e. The number of rotatable bonds is 4. The molecule has 0 aliphatic heterocycles. The zero-order valence-corrected chi connectivity index (χ0v) is 10.3. The molecular weight excluding hydrogens is 246 g/mol. The van der Waals surface area contributed by atoms with Gasteiger partial charge < -0.3 is 21.5 Å². The van der Waals surface area contributed by atoms with Gasteiger partial charge in [-0.05, 0) is 0 Å². The van der Waals surface area contributed by atoms with Gasteiger partial charge >= 0.3 is 0 Å². The molecule has 0 bridgehead atoms. The highest BCUT2D eigenvalue weighted by Gasteiger charge is 2.08. The van der Waals surface area contributed by atoms with E-state index in [2.05, 4.69) is 4.18 Å². The van der Waals surface area contributed by atoms with Gasteiger partial charge in [0.05, 0.1) is 27.4 Å². The van der Waals surface area contributed by atoms with Crippen molar-refractivity contribution in [1.82, 2.24) is 0 Å². The van der Waals surface area contributed by atoms with E-state index >= 15 is 0 Å². The van der Waals surface area contributed by atoms with Crippen LogP contribution >= 0.6 is 0 Å². The van der Waals surface area contributed by atoms with E-state index in [1.54, 1.807) is 0 Å². The molecule has 0 unspecified atom stereocenters. The summed E-state index contributed by atoms with van der Waals surface area (Å²) in [5, 5.41) is 0. The minimum absolute atomic E-state index is 0. The highest BCUT2D eigenvalue weighted by atomic mass is 79.9. The van der Waals surface area contributed by atoms with Crippen LogP contribution in [-0.4, -0.2) is 53.5 Å². The Morgan fingerprint density at radius 2 is 1.67 bits per heavy atom. The van der Waals surface area contributed by atoms with Gasteiger partial charge in [-0.3, -0.25) is 4.18 Å². The van der Waals surface area contributed by atoms with E-state index in [1.165, 1.54) is 0 Å².